The number of hydrogen-bond donors (Lipinski definition) is 1. The van der Waals surface area contributed by atoms with Gasteiger partial charge in [-0.1, -0.05) is 42.5 Å². The van der Waals surface area contributed by atoms with Gasteiger partial charge in [0.1, 0.15) is 23.2 Å². The number of aryl methyl sites for hydroxylation is 1. The molecular formula is C20H14N2O3. The van der Waals surface area contributed by atoms with Crippen molar-refractivity contribution in [1.82, 2.24) is 0 Å². The molecule has 5 nitrogen and oxygen atoms in total. The van der Waals surface area contributed by atoms with Crippen molar-refractivity contribution in [2.24, 2.45) is 5.73 Å². The zero-order valence-corrected chi connectivity index (χ0v) is 13.4. The lowest BCUT2D eigenvalue weighted by atomic mass is 9.83. The van der Waals surface area contributed by atoms with Crippen LogP contribution in [-0.4, -0.2) is 0 Å². The average Bonchev–Trinajstić information content (AvgIpc) is 2.59. The van der Waals surface area contributed by atoms with Crippen LogP contribution in [0, 0.1) is 18.3 Å². The summed E-state index contributed by atoms with van der Waals surface area (Å²) in [4.78, 5) is 12.5. The van der Waals surface area contributed by atoms with Gasteiger partial charge < -0.3 is 14.9 Å². The van der Waals surface area contributed by atoms with Crippen LogP contribution in [0.2, 0.25) is 0 Å². The van der Waals surface area contributed by atoms with Crippen molar-refractivity contribution < 1.29 is 9.15 Å². The summed E-state index contributed by atoms with van der Waals surface area (Å²) in [7, 11) is 0. The van der Waals surface area contributed by atoms with Crippen molar-refractivity contribution in [1.29, 1.82) is 5.26 Å². The molecule has 1 aromatic heterocycles. The number of benzene rings is 2. The largest absolute Gasteiger partial charge is 0.440 e. The lowest BCUT2D eigenvalue weighted by Crippen LogP contribution is -2.26. The fourth-order valence-electron chi connectivity index (χ4n) is 3.24. The Morgan fingerprint density at radius 1 is 1.12 bits per heavy atom. The van der Waals surface area contributed by atoms with Crippen LogP contribution < -0.4 is 16.1 Å². The zero-order valence-electron chi connectivity index (χ0n) is 13.4. The molecule has 0 saturated carbocycles. The van der Waals surface area contributed by atoms with Crippen molar-refractivity contribution in [3.63, 3.8) is 0 Å². The molecule has 4 rings (SSSR count). The molecule has 3 aromatic rings. The van der Waals surface area contributed by atoms with Gasteiger partial charge in [0.15, 0.2) is 0 Å². The first-order valence-electron chi connectivity index (χ1n) is 7.79. The van der Waals surface area contributed by atoms with Crippen molar-refractivity contribution in [3.05, 3.63) is 87.3 Å². The van der Waals surface area contributed by atoms with Crippen molar-refractivity contribution in [2.45, 2.75) is 12.8 Å². The number of fused-ring (bicyclic) bond motifs is 2. The van der Waals surface area contributed by atoms with Gasteiger partial charge in [-0.15, -0.1) is 0 Å². The average molecular weight is 330 g/mol. The Bertz CT molecular complexity index is 1140. The smallest absolute Gasteiger partial charge is 0.343 e. The van der Waals surface area contributed by atoms with E-state index in [4.69, 9.17) is 14.9 Å². The number of rotatable bonds is 1. The maximum absolute atomic E-state index is 12.5. The van der Waals surface area contributed by atoms with Crippen LogP contribution >= 0.6 is 0 Å². The molecule has 0 saturated heterocycles. The third kappa shape index (κ3) is 2.36. The second-order valence-electron chi connectivity index (χ2n) is 5.95. The van der Waals surface area contributed by atoms with Gasteiger partial charge in [0.2, 0.25) is 5.88 Å². The van der Waals surface area contributed by atoms with Gasteiger partial charge in [0.05, 0.1) is 11.5 Å². The van der Waals surface area contributed by atoms with E-state index in [0.717, 1.165) is 16.3 Å². The molecule has 1 aliphatic rings. The molecule has 1 atom stereocenters. The summed E-state index contributed by atoms with van der Waals surface area (Å²) in [6.07, 6.45) is 0. The molecule has 5 heteroatoms. The molecular weight excluding hydrogens is 316 g/mol. The van der Waals surface area contributed by atoms with E-state index in [-0.39, 0.29) is 11.5 Å². The summed E-state index contributed by atoms with van der Waals surface area (Å²) in [5.74, 6) is 0.158. The van der Waals surface area contributed by atoms with Crippen LogP contribution in [0.5, 0.6) is 5.75 Å². The van der Waals surface area contributed by atoms with E-state index >= 15 is 0 Å². The minimum absolute atomic E-state index is 0.0122. The van der Waals surface area contributed by atoms with Crippen LogP contribution in [0.4, 0.5) is 0 Å². The number of allylic oxidation sites excluding steroid dienone is 1. The fourth-order valence-corrected chi connectivity index (χ4v) is 3.24. The monoisotopic (exact) mass is 330 g/mol. The second kappa shape index (κ2) is 5.53. The lowest BCUT2D eigenvalue weighted by Gasteiger charge is -2.25. The molecule has 0 bridgehead atoms. The van der Waals surface area contributed by atoms with Gasteiger partial charge in [-0.2, -0.15) is 5.26 Å². The van der Waals surface area contributed by atoms with E-state index < -0.39 is 11.5 Å². The molecule has 1 aliphatic heterocycles. The number of hydrogen-bond acceptors (Lipinski definition) is 5. The molecule has 2 heterocycles. The highest BCUT2D eigenvalue weighted by atomic mass is 16.5. The standard InChI is InChI=1S/C20H14N2O3/c1-11-8-16-18(20(23)24-11)17(15(10-21)19(22)25-16)14-7-6-12-4-2-3-5-13(12)9-14/h2-9,17H,22H2,1H3. The highest BCUT2D eigenvalue weighted by Crippen LogP contribution is 2.41. The first-order valence-corrected chi connectivity index (χ1v) is 7.79. The van der Waals surface area contributed by atoms with Gasteiger partial charge in [-0.05, 0) is 23.3 Å². The van der Waals surface area contributed by atoms with E-state index in [1.54, 1.807) is 13.0 Å². The normalized spacial score (nSPS) is 16.2. The summed E-state index contributed by atoms with van der Waals surface area (Å²) in [6.45, 7) is 1.66. The second-order valence-corrected chi connectivity index (χ2v) is 5.95. The van der Waals surface area contributed by atoms with Crippen LogP contribution in [0.3, 0.4) is 0 Å². The molecule has 0 radical (unpaired) electrons. The Balaban J connectivity index is 2.01. The Morgan fingerprint density at radius 3 is 2.64 bits per heavy atom. The number of nitriles is 1. The molecule has 0 fully saturated rings. The zero-order chi connectivity index (χ0) is 17.6. The highest BCUT2D eigenvalue weighted by Gasteiger charge is 2.34. The SMILES string of the molecule is Cc1cc2c(c(=O)o1)C(c1ccc3ccccc3c1)C(C#N)=C(N)O2. The minimum atomic E-state index is -0.616. The van der Waals surface area contributed by atoms with E-state index in [9.17, 15) is 10.1 Å². The third-order valence-electron chi connectivity index (χ3n) is 4.36. The Kier molecular flexibility index (Phi) is 3.33. The maximum atomic E-state index is 12.5. The minimum Gasteiger partial charge on any atom is -0.440 e. The maximum Gasteiger partial charge on any atom is 0.343 e. The van der Waals surface area contributed by atoms with Crippen molar-refractivity contribution in [3.8, 4) is 11.8 Å². The molecule has 1 unspecified atom stereocenters. The van der Waals surface area contributed by atoms with Gasteiger partial charge in [-0.25, -0.2) is 4.79 Å². The Morgan fingerprint density at radius 2 is 1.88 bits per heavy atom. The summed E-state index contributed by atoms with van der Waals surface area (Å²) in [6, 6.07) is 17.4. The van der Waals surface area contributed by atoms with E-state index in [1.165, 1.54) is 0 Å². The third-order valence-corrected chi connectivity index (χ3v) is 4.36. The van der Waals surface area contributed by atoms with Crippen LogP contribution in [0.1, 0.15) is 22.8 Å². The molecule has 0 spiro atoms. The molecule has 2 aromatic carbocycles. The van der Waals surface area contributed by atoms with E-state index in [1.807, 2.05) is 42.5 Å². The Labute approximate surface area is 143 Å². The first-order chi connectivity index (χ1) is 12.1. The number of ether oxygens (including phenoxy) is 1. The molecule has 25 heavy (non-hydrogen) atoms. The summed E-state index contributed by atoms with van der Waals surface area (Å²) < 4.78 is 10.7. The first kappa shape index (κ1) is 15.0. The van der Waals surface area contributed by atoms with E-state index in [0.29, 0.717) is 17.1 Å². The molecule has 0 aliphatic carbocycles. The molecule has 122 valence electrons. The predicted molar refractivity (Wildman–Crippen MR) is 93.0 cm³/mol. The van der Waals surface area contributed by atoms with Crippen LogP contribution in [0.25, 0.3) is 10.8 Å². The summed E-state index contributed by atoms with van der Waals surface area (Å²) >= 11 is 0. The summed E-state index contributed by atoms with van der Waals surface area (Å²) in [5.41, 5.74) is 6.72. The predicted octanol–water partition coefficient (Wildman–Crippen LogP) is 3.32. The topological polar surface area (TPSA) is 89.2 Å². The Hall–Kier alpha value is -3.52. The quantitative estimate of drug-likeness (QED) is 0.739. The van der Waals surface area contributed by atoms with Gasteiger partial charge in [0.25, 0.3) is 0 Å². The van der Waals surface area contributed by atoms with Gasteiger partial charge in [0, 0.05) is 6.07 Å². The van der Waals surface area contributed by atoms with Crippen LogP contribution in [0.15, 0.2) is 69.2 Å². The summed E-state index contributed by atoms with van der Waals surface area (Å²) in [5, 5.41) is 11.7. The van der Waals surface area contributed by atoms with E-state index in [2.05, 4.69) is 6.07 Å². The molecule has 0 amide bonds. The number of nitrogens with two attached hydrogens (primary N) is 1. The van der Waals surface area contributed by atoms with Crippen molar-refractivity contribution >= 4 is 10.8 Å². The van der Waals surface area contributed by atoms with Gasteiger partial charge in [-0.3, -0.25) is 0 Å². The molecule has 2 N–H and O–H groups in total. The lowest BCUT2D eigenvalue weighted by molar-refractivity contribution is 0.371. The van der Waals surface area contributed by atoms with Crippen molar-refractivity contribution in [2.75, 3.05) is 0 Å². The highest BCUT2D eigenvalue weighted by molar-refractivity contribution is 5.83. The number of nitrogens with zero attached hydrogens (tertiary/aromatic N) is 1. The van der Waals surface area contributed by atoms with Gasteiger partial charge >= 0.3 is 5.63 Å². The van der Waals surface area contributed by atoms with Crippen LogP contribution in [-0.2, 0) is 0 Å². The fraction of sp³-hybridized carbons (Fsp3) is 0.100.